The Morgan fingerprint density at radius 3 is 2.86 bits per heavy atom. The molecular weight excluding hydrogens is 182 g/mol. The highest BCUT2D eigenvalue weighted by Crippen LogP contribution is 2.12. The summed E-state index contributed by atoms with van der Waals surface area (Å²) in [6.45, 7) is 0. The molecule has 0 aliphatic rings. The van der Waals surface area contributed by atoms with E-state index in [-0.39, 0.29) is 0 Å². The van der Waals surface area contributed by atoms with Crippen LogP contribution < -0.4 is 16.6 Å². The second-order valence-electron chi connectivity index (χ2n) is 2.53. The van der Waals surface area contributed by atoms with Crippen LogP contribution in [0.5, 0.6) is 0 Å². The van der Waals surface area contributed by atoms with Gasteiger partial charge in [0.2, 0.25) is 0 Å². The van der Waals surface area contributed by atoms with E-state index in [1.54, 1.807) is 18.3 Å². The van der Waals surface area contributed by atoms with Crippen molar-refractivity contribution in [3.8, 4) is 0 Å². The summed E-state index contributed by atoms with van der Waals surface area (Å²) >= 11 is 0. The molecular formula is C7H9N7. The van der Waals surface area contributed by atoms with E-state index >= 15 is 0 Å². The lowest BCUT2D eigenvalue weighted by Gasteiger charge is -2.03. The lowest BCUT2D eigenvalue weighted by molar-refractivity contribution is 1.08. The maximum atomic E-state index is 5.20. The lowest BCUT2D eigenvalue weighted by atomic mass is 10.5. The van der Waals surface area contributed by atoms with Crippen molar-refractivity contribution in [1.82, 2.24) is 20.2 Å². The molecule has 0 atom stereocenters. The Labute approximate surface area is 79.7 Å². The van der Waals surface area contributed by atoms with Crippen molar-refractivity contribution in [2.45, 2.75) is 0 Å². The molecule has 72 valence electrons. The van der Waals surface area contributed by atoms with Crippen LogP contribution in [0.3, 0.4) is 0 Å². The third-order valence-corrected chi connectivity index (χ3v) is 1.58. The van der Waals surface area contributed by atoms with Gasteiger partial charge in [-0.1, -0.05) is 0 Å². The molecule has 0 radical (unpaired) electrons. The van der Waals surface area contributed by atoms with Crippen LogP contribution in [-0.2, 0) is 0 Å². The molecule has 0 aliphatic carbocycles. The summed E-state index contributed by atoms with van der Waals surface area (Å²) in [6, 6.07) is 3.47. The minimum atomic E-state index is 0.544. The van der Waals surface area contributed by atoms with E-state index < -0.39 is 0 Å². The highest BCUT2D eigenvalue weighted by atomic mass is 15.3. The highest BCUT2D eigenvalue weighted by molar-refractivity contribution is 5.54. The maximum absolute atomic E-state index is 5.20. The Kier molecular flexibility index (Phi) is 2.24. The third kappa shape index (κ3) is 1.77. The third-order valence-electron chi connectivity index (χ3n) is 1.58. The molecule has 0 bridgehead atoms. The van der Waals surface area contributed by atoms with E-state index in [1.807, 2.05) is 0 Å². The van der Waals surface area contributed by atoms with Gasteiger partial charge in [0, 0.05) is 12.1 Å². The lowest BCUT2D eigenvalue weighted by Crippen LogP contribution is -2.09. The summed E-state index contributed by atoms with van der Waals surface area (Å²) in [5, 5.41) is 9.53. The summed E-state index contributed by atoms with van der Waals surface area (Å²) in [7, 11) is 0. The highest BCUT2D eigenvalue weighted by Gasteiger charge is 1.98. The van der Waals surface area contributed by atoms with Gasteiger partial charge in [0.25, 0.3) is 0 Å². The molecule has 2 rings (SSSR count). The molecule has 0 amide bonds. The second kappa shape index (κ2) is 3.71. The average Bonchev–Trinajstić information content (AvgIpc) is 2.71. The number of hydrogen-bond donors (Lipinski definition) is 4. The fourth-order valence-electron chi connectivity index (χ4n) is 0.968. The number of nitrogens with two attached hydrogens (primary N) is 1. The first-order valence-corrected chi connectivity index (χ1v) is 3.93. The van der Waals surface area contributed by atoms with Crippen LogP contribution in [0.25, 0.3) is 0 Å². The molecule has 2 heterocycles. The number of nitrogens with one attached hydrogen (secondary N) is 3. The molecule has 7 nitrogen and oxygen atoms in total. The predicted molar refractivity (Wildman–Crippen MR) is 51.7 cm³/mol. The normalized spacial score (nSPS) is 9.79. The Balaban J connectivity index is 2.17. The van der Waals surface area contributed by atoms with Crippen LogP contribution in [0.1, 0.15) is 0 Å². The maximum Gasteiger partial charge on any atom is 0.145 e. The Bertz CT molecular complexity index is 396. The number of hydrazine groups is 1. The molecule has 0 aromatic carbocycles. The van der Waals surface area contributed by atoms with Crippen molar-refractivity contribution < 1.29 is 0 Å². The van der Waals surface area contributed by atoms with Gasteiger partial charge < -0.3 is 10.7 Å². The number of anilines is 3. The first kappa shape index (κ1) is 8.45. The summed E-state index contributed by atoms with van der Waals surface area (Å²) in [5.41, 5.74) is 2.43. The standard InChI is InChI=1S/C7H9N7/c8-13-7-3-6(9-4-10-7)12-5-1-2-11-14-5/h1-4H,8H2,(H3,9,10,11,12,13,14). The summed E-state index contributed by atoms with van der Waals surface area (Å²) in [6.07, 6.45) is 3.06. The van der Waals surface area contributed by atoms with E-state index in [0.29, 0.717) is 11.6 Å². The van der Waals surface area contributed by atoms with Crippen molar-refractivity contribution in [1.29, 1.82) is 0 Å². The fraction of sp³-hybridized carbons (Fsp3) is 0. The second-order valence-corrected chi connectivity index (χ2v) is 2.53. The van der Waals surface area contributed by atoms with E-state index in [1.165, 1.54) is 6.33 Å². The molecule has 0 saturated heterocycles. The van der Waals surface area contributed by atoms with Gasteiger partial charge in [-0.3, -0.25) is 5.10 Å². The number of rotatable bonds is 3. The van der Waals surface area contributed by atoms with Gasteiger partial charge in [0.1, 0.15) is 23.8 Å². The fourth-order valence-corrected chi connectivity index (χ4v) is 0.968. The smallest absolute Gasteiger partial charge is 0.145 e. The average molecular weight is 191 g/mol. The van der Waals surface area contributed by atoms with Gasteiger partial charge in [0.05, 0.1) is 6.20 Å². The zero-order valence-corrected chi connectivity index (χ0v) is 7.23. The number of nitrogen functional groups attached to an aromatic ring is 1. The van der Waals surface area contributed by atoms with Gasteiger partial charge >= 0.3 is 0 Å². The van der Waals surface area contributed by atoms with Gasteiger partial charge in [-0.15, -0.1) is 0 Å². The van der Waals surface area contributed by atoms with Crippen molar-refractivity contribution >= 4 is 17.5 Å². The quantitative estimate of drug-likeness (QED) is 0.409. The van der Waals surface area contributed by atoms with Gasteiger partial charge in [-0.25, -0.2) is 15.8 Å². The Morgan fingerprint density at radius 1 is 1.29 bits per heavy atom. The topological polar surface area (TPSA) is 105 Å². The molecule has 0 spiro atoms. The molecule has 0 aliphatic heterocycles. The number of aromatic nitrogens is 4. The van der Waals surface area contributed by atoms with Crippen LogP contribution in [0, 0.1) is 0 Å². The SMILES string of the molecule is NNc1cc(Nc2ccn[nH]2)ncn1. The predicted octanol–water partition coefficient (Wildman–Crippen LogP) is 0.229. The number of H-pyrrole nitrogens is 1. The molecule has 0 saturated carbocycles. The van der Waals surface area contributed by atoms with Crippen LogP contribution in [0.4, 0.5) is 17.5 Å². The zero-order chi connectivity index (χ0) is 9.80. The monoisotopic (exact) mass is 191 g/mol. The molecule has 5 N–H and O–H groups in total. The van der Waals surface area contributed by atoms with Crippen molar-refractivity contribution in [3.05, 3.63) is 24.7 Å². The van der Waals surface area contributed by atoms with E-state index in [9.17, 15) is 0 Å². The van der Waals surface area contributed by atoms with E-state index in [2.05, 4.69) is 30.9 Å². The summed E-state index contributed by atoms with van der Waals surface area (Å²) < 4.78 is 0. The molecule has 2 aromatic heterocycles. The van der Waals surface area contributed by atoms with Gasteiger partial charge in [0.15, 0.2) is 0 Å². The number of hydrogen-bond acceptors (Lipinski definition) is 6. The molecule has 0 fully saturated rings. The van der Waals surface area contributed by atoms with Crippen molar-refractivity contribution in [3.63, 3.8) is 0 Å². The van der Waals surface area contributed by atoms with Gasteiger partial charge in [-0.2, -0.15) is 5.10 Å². The van der Waals surface area contributed by atoms with Crippen molar-refractivity contribution in [2.24, 2.45) is 5.84 Å². The molecule has 14 heavy (non-hydrogen) atoms. The van der Waals surface area contributed by atoms with Crippen LogP contribution in [-0.4, -0.2) is 20.2 Å². The van der Waals surface area contributed by atoms with Crippen LogP contribution >= 0.6 is 0 Å². The van der Waals surface area contributed by atoms with E-state index in [4.69, 9.17) is 5.84 Å². The summed E-state index contributed by atoms with van der Waals surface area (Å²) in [4.78, 5) is 7.87. The number of nitrogens with zero attached hydrogens (tertiary/aromatic N) is 3. The minimum absolute atomic E-state index is 0.544. The largest absolute Gasteiger partial charge is 0.325 e. The Morgan fingerprint density at radius 2 is 2.14 bits per heavy atom. The minimum Gasteiger partial charge on any atom is -0.325 e. The van der Waals surface area contributed by atoms with Crippen LogP contribution in [0.2, 0.25) is 0 Å². The molecule has 2 aromatic rings. The van der Waals surface area contributed by atoms with E-state index in [0.717, 1.165) is 5.82 Å². The van der Waals surface area contributed by atoms with Gasteiger partial charge in [-0.05, 0) is 0 Å². The molecule has 7 heteroatoms. The first-order chi connectivity index (χ1) is 6.88. The zero-order valence-electron chi connectivity index (χ0n) is 7.23. The Hall–Kier alpha value is -2.15. The van der Waals surface area contributed by atoms with Crippen LogP contribution in [0.15, 0.2) is 24.7 Å². The van der Waals surface area contributed by atoms with Crippen molar-refractivity contribution in [2.75, 3.05) is 10.7 Å². The molecule has 0 unspecified atom stereocenters. The first-order valence-electron chi connectivity index (χ1n) is 3.93. The summed E-state index contributed by atoms with van der Waals surface area (Å²) in [5.74, 6) is 7.14. The number of aromatic amines is 1.